The summed E-state index contributed by atoms with van der Waals surface area (Å²) in [5, 5.41) is 2.66. The lowest BCUT2D eigenvalue weighted by Crippen LogP contribution is -2.30. The second-order valence-electron chi connectivity index (χ2n) is 8.23. The fourth-order valence-corrected chi connectivity index (χ4v) is 3.81. The number of carbonyl (C=O) groups excluding carboxylic acids is 4. The minimum atomic E-state index is -1.12. The number of nitrogens with zero attached hydrogens (tertiary/aromatic N) is 1. The van der Waals surface area contributed by atoms with Gasteiger partial charge in [0, 0.05) is 0 Å². The summed E-state index contributed by atoms with van der Waals surface area (Å²) in [7, 11) is 1.48. The van der Waals surface area contributed by atoms with Gasteiger partial charge in [-0.25, -0.2) is 9.69 Å². The molecular formula is C27H24N2O6. The van der Waals surface area contributed by atoms with E-state index in [1.54, 1.807) is 30.3 Å². The van der Waals surface area contributed by atoms with Crippen molar-refractivity contribution in [2.24, 2.45) is 0 Å². The van der Waals surface area contributed by atoms with Gasteiger partial charge in [-0.1, -0.05) is 24.3 Å². The second-order valence-corrected chi connectivity index (χ2v) is 8.23. The van der Waals surface area contributed by atoms with Gasteiger partial charge in [0.15, 0.2) is 6.10 Å². The molecule has 35 heavy (non-hydrogen) atoms. The smallest absolute Gasteiger partial charge is 0.338 e. The number of esters is 1. The van der Waals surface area contributed by atoms with Crippen molar-refractivity contribution in [2.45, 2.75) is 26.9 Å². The number of benzene rings is 3. The lowest BCUT2D eigenvalue weighted by atomic mass is 10.1. The molecule has 0 aromatic heterocycles. The maximum absolute atomic E-state index is 13.1. The molecule has 4 rings (SSSR count). The number of nitrogens with one attached hydrogen (secondary N) is 1. The van der Waals surface area contributed by atoms with Gasteiger partial charge in [-0.3, -0.25) is 14.4 Å². The number of hydrogen-bond donors (Lipinski definition) is 1. The van der Waals surface area contributed by atoms with Crippen LogP contribution in [0.3, 0.4) is 0 Å². The number of rotatable bonds is 6. The highest BCUT2D eigenvalue weighted by molar-refractivity contribution is 6.35. The van der Waals surface area contributed by atoms with Crippen LogP contribution in [0.1, 0.15) is 49.1 Å². The maximum atomic E-state index is 13.1. The zero-order valence-corrected chi connectivity index (χ0v) is 19.7. The average molecular weight is 472 g/mol. The molecule has 3 aromatic carbocycles. The van der Waals surface area contributed by atoms with Gasteiger partial charge in [0.05, 0.1) is 35.2 Å². The molecule has 1 aliphatic rings. The number of para-hydroxylation sites is 2. The Morgan fingerprint density at radius 2 is 1.63 bits per heavy atom. The van der Waals surface area contributed by atoms with Gasteiger partial charge in [-0.2, -0.15) is 0 Å². The van der Waals surface area contributed by atoms with E-state index in [-0.39, 0.29) is 16.7 Å². The van der Waals surface area contributed by atoms with Crippen molar-refractivity contribution < 1.29 is 28.7 Å². The minimum Gasteiger partial charge on any atom is -0.495 e. The third kappa shape index (κ3) is 4.50. The van der Waals surface area contributed by atoms with E-state index in [0.29, 0.717) is 17.1 Å². The normalized spacial score (nSPS) is 13.3. The van der Waals surface area contributed by atoms with E-state index < -0.39 is 29.8 Å². The standard InChI is InChI=1S/C27H24N2O6/c1-15-9-10-16(2)22(13-15)29-25(31)19-12-11-18(14-20(19)26(29)32)27(33)35-17(3)24(30)28-21-7-5-6-8-23(21)34-4/h5-14,17H,1-4H3,(H,28,30). The van der Waals surface area contributed by atoms with Crippen LogP contribution in [0.2, 0.25) is 0 Å². The molecule has 178 valence electrons. The molecule has 1 atom stereocenters. The van der Waals surface area contributed by atoms with Crippen molar-refractivity contribution in [1.29, 1.82) is 0 Å². The molecule has 1 heterocycles. The van der Waals surface area contributed by atoms with Crippen molar-refractivity contribution >= 4 is 35.1 Å². The van der Waals surface area contributed by atoms with Gasteiger partial charge < -0.3 is 14.8 Å². The second kappa shape index (κ2) is 9.42. The van der Waals surface area contributed by atoms with Gasteiger partial charge in [0.25, 0.3) is 17.7 Å². The summed E-state index contributed by atoms with van der Waals surface area (Å²) < 4.78 is 10.5. The molecule has 8 nitrogen and oxygen atoms in total. The van der Waals surface area contributed by atoms with E-state index in [0.717, 1.165) is 16.0 Å². The topological polar surface area (TPSA) is 102 Å². The summed E-state index contributed by atoms with van der Waals surface area (Å²) in [6, 6.07) is 16.5. The summed E-state index contributed by atoms with van der Waals surface area (Å²) in [6.45, 7) is 5.13. The van der Waals surface area contributed by atoms with Crippen LogP contribution in [0.25, 0.3) is 0 Å². The van der Waals surface area contributed by atoms with Crippen LogP contribution in [-0.4, -0.2) is 36.9 Å². The maximum Gasteiger partial charge on any atom is 0.338 e. The fourth-order valence-electron chi connectivity index (χ4n) is 3.81. The lowest BCUT2D eigenvalue weighted by molar-refractivity contribution is -0.123. The molecule has 3 aromatic rings. The first-order valence-corrected chi connectivity index (χ1v) is 11.0. The van der Waals surface area contributed by atoms with E-state index in [1.165, 1.54) is 32.2 Å². The van der Waals surface area contributed by atoms with E-state index in [4.69, 9.17) is 9.47 Å². The fraction of sp³-hybridized carbons (Fsp3) is 0.185. The molecule has 1 N–H and O–H groups in total. The van der Waals surface area contributed by atoms with Gasteiger partial charge in [-0.05, 0) is 68.3 Å². The minimum absolute atomic E-state index is 0.0599. The number of fused-ring (bicyclic) bond motifs is 1. The molecule has 0 bridgehead atoms. The van der Waals surface area contributed by atoms with Crippen molar-refractivity contribution in [2.75, 3.05) is 17.3 Å². The lowest BCUT2D eigenvalue weighted by Gasteiger charge is -2.17. The van der Waals surface area contributed by atoms with Crippen LogP contribution < -0.4 is 15.0 Å². The van der Waals surface area contributed by atoms with Crippen LogP contribution in [0.15, 0.2) is 60.7 Å². The zero-order chi connectivity index (χ0) is 25.3. The van der Waals surface area contributed by atoms with Crippen LogP contribution in [0, 0.1) is 13.8 Å². The van der Waals surface area contributed by atoms with Crippen molar-refractivity contribution in [1.82, 2.24) is 0 Å². The van der Waals surface area contributed by atoms with E-state index in [1.807, 2.05) is 26.0 Å². The Kier molecular flexibility index (Phi) is 6.38. The zero-order valence-electron chi connectivity index (χ0n) is 19.7. The molecule has 8 heteroatoms. The van der Waals surface area contributed by atoms with Crippen LogP contribution in [0.5, 0.6) is 5.75 Å². The first-order valence-electron chi connectivity index (χ1n) is 11.0. The summed E-state index contributed by atoms with van der Waals surface area (Å²) in [6.07, 6.45) is -1.12. The Hall–Kier alpha value is -4.46. The van der Waals surface area contributed by atoms with Crippen LogP contribution in [-0.2, 0) is 9.53 Å². The predicted molar refractivity (Wildman–Crippen MR) is 130 cm³/mol. The molecule has 0 saturated carbocycles. The van der Waals surface area contributed by atoms with Crippen LogP contribution >= 0.6 is 0 Å². The summed E-state index contributed by atoms with van der Waals surface area (Å²) in [4.78, 5) is 52.5. The number of anilines is 2. The molecule has 1 aliphatic heterocycles. The molecule has 0 saturated heterocycles. The Balaban J connectivity index is 1.51. The van der Waals surface area contributed by atoms with Crippen molar-refractivity contribution in [3.05, 3.63) is 88.5 Å². The molecule has 0 radical (unpaired) electrons. The number of hydrogen-bond acceptors (Lipinski definition) is 6. The molecule has 1 unspecified atom stereocenters. The molecule has 0 spiro atoms. The highest BCUT2D eigenvalue weighted by Crippen LogP contribution is 2.32. The number of carbonyl (C=O) groups is 4. The van der Waals surface area contributed by atoms with Gasteiger partial charge in [-0.15, -0.1) is 0 Å². The molecule has 0 aliphatic carbocycles. The van der Waals surface area contributed by atoms with Crippen molar-refractivity contribution in [3.8, 4) is 5.75 Å². The summed E-state index contributed by atoms with van der Waals surface area (Å²) in [5.41, 5.74) is 3.00. The Bertz CT molecular complexity index is 1360. The monoisotopic (exact) mass is 472 g/mol. The molecular weight excluding hydrogens is 448 g/mol. The molecule has 3 amide bonds. The van der Waals surface area contributed by atoms with Crippen molar-refractivity contribution in [3.63, 3.8) is 0 Å². The van der Waals surface area contributed by atoms with Crippen LogP contribution in [0.4, 0.5) is 11.4 Å². The third-order valence-corrected chi connectivity index (χ3v) is 5.75. The Labute approximate surface area is 202 Å². The Morgan fingerprint density at radius 1 is 0.914 bits per heavy atom. The number of methoxy groups -OCH3 is 1. The number of amides is 3. The Morgan fingerprint density at radius 3 is 2.37 bits per heavy atom. The van der Waals surface area contributed by atoms with E-state index >= 15 is 0 Å². The number of imide groups is 1. The number of ether oxygens (including phenoxy) is 2. The largest absolute Gasteiger partial charge is 0.495 e. The van der Waals surface area contributed by atoms with Gasteiger partial charge in [0.2, 0.25) is 0 Å². The summed E-state index contributed by atoms with van der Waals surface area (Å²) in [5.74, 6) is -1.84. The quantitative estimate of drug-likeness (QED) is 0.424. The highest BCUT2D eigenvalue weighted by atomic mass is 16.5. The van der Waals surface area contributed by atoms with E-state index in [9.17, 15) is 19.2 Å². The first kappa shape index (κ1) is 23.7. The third-order valence-electron chi connectivity index (χ3n) is 5.75. The molecule has 0 fully saturated rings. The SMILES string of the molecule is COc1ccccc1NC(=O)C(C)OC(=O)c1ccc2c(c1)C(=O)N(c1cc(C)ccc1C)C2=O. The van der Waals surface area contributed by atoms with Gasteiger partial charge in [0.1, 0.15) is 5.75 Å². The van der Waals surface area contributed by atoms with Gasteiger partial charge >= 0.3 is 5.97 Å². The summed E-state index contributed by atoms with van der Waals surface area (Å²) >= 11 is 0. The average Bonchev–Trinajstić information content (AvgIpc) is 3.10. The highest BCUT2D eigenvalue weighted by Gasteiger charge is 2.38. The van der Waals surface area contributed by atoms with E-state index in [2.05, 4.69) is 5.32 Å². The first-order chi connectivity index (χ1) is 16.7. The predicted octanol–water partition coefficient (Wildman–Crippen LogP) is 4.30. The number of aryl methyl sites for hydroxylation is 2.